The molecule has 3 heteroatoms. The highest BCUT2D eigenvalue weighted by Gasteiger charge is 1.86. The Morgan fingerprint density at radius 3 is 3.30 bits per heavy atom. The second-order valence-electron chi connectivity index (χ2n) is 1.87. The van der Waals surface area contributed by atoms with Gasteiger partial charge in [-0.3, -0.25) is 0 Å². The number of nitrogens with zero attached hydrogens (tertiary/aromatic N) is 1. The van der Waals surface area contributed by atoms with E-state index in [1.807, 2.05) is 6.21 Å². The lowest BCUT2D eigenvalue weighted by molar-refractivity contribution is 0.903. The molecule has 1 rings (SSSR count). The average Bonchev–Trinajstić information content (AvgIpc) is 2.41. The molecule has 2 nitrogen and oxygen atoms in total. The van der Waals surface area contributed by atoms with Crippen LogP contribution < -0.4 is 5.43 Å². The highest BCUT2D eigenvalue weighted by Crippen LogP contribution is 2.04. The van der Waals surface area contributed by atoms with Crippen molar-refractivity contribution in [1.82, 2.24) is 5.43 Å². The maximum Gasteiger partial charge on any atom is 0.0286 e. The number of rotatable bonds is 3. The molecule has 0 saturated carbocycles. The molecule has 0 unspecified atom stereocenters. The Bertz CT molecular complexity index is 191. The van der Waals surface area contributed by atoms with Gasteiger partial charge in [-0.1, -0.05) is 0 Å². The number of hydrazone groups is 1. The zero-order chi connectivity index (χ0) is 7.23. The minimum atomic E-state index is 0.921. The number of hydrogen-bond donors (Lipinski definition) is 1. The van der Waals surface area contributed by atoms with Crippen LogP contribution in [0.4, 0.5) is 0 Å². The maximum atomic E-state index is 3.88. The molecule has 1 aromatic heterocycles. The standard InChI is InChI=1S/C7H10N2S/c1-8-9-4-2-7-3-5-10-6-7/h3-6,8H,2H2,1H3/b9-4+. The Kier molecular flexibility index (Phi) is 2.96. The molecule has 0 fully saturated rings. The maximum absolute atomic E-state index is 3.88. The van der Waals surface area contributed by atoms with E-state index >= 15 is 0 Å². The molecule has 0 aliphatic heterocycles. The Hall–Kier alpha value is -0.830. The second-order valence-corrected chi connectivity index (χ2v) is 2.65. The molecule has 0 atom stereocenters. The SMILES string of the molecule is CN/N=C/Cc1ccsc1. The zero-order valence-electron chi connectivity index (χ0n) is 5.87. The molecule has 1 heterocycles. The van der Waals surface area contributed by atoms with E-state index < -0.39 is 0 Å². The first-order chi connectivity index (χ1) is 4.93. The van der Waals surface area contributed by atoms with Crippen LogP contribution in [0.2, 0.25) is 0 Å². The van der Waals surface area contributed by atoms with Gasteiger partial charge in [-0.05, 0) is 22.4 Å². The van der Waals surface area contributed by atoms with Gasteiger partial charge < -0.3 is 5.43 Å². The highest BCUT2D eigenvalue weighted by atomic mass is 32.1. The van der Waals surface area contributed by atoms with Crippen LogP contribution in [0.15, 0.2) is 21.9 Å². The Morgan fingerprint density at radius 1 is 1.80 bits per heavy atom. The molecular weight excluding hydrogens is 144 g/mol. The van der Waals surface area contributed by atoms with E-state index in [0.717, 1.165) is 6.42 Å². The molecule has 0 bridgehead atoms. The van der Waals surface area contributed by atoms with Gasteiger partial charge in [-0.25, -0.2) is 0 Å². The van der Waals surface area contributed by atoms with Gasteiger partial charge >= 0.3 is 0 Å². The van der Waals surface area contributed by atoms with Crippen molar-refractivity contribution in [3.05, 3.63) is 22.4 Å². The second kappa shape index (κ2) is 4.06. The number of nitrogens with one attached hydrogen (secondary N) is 1. The molecule has 0 aromatic carbocycles. The summed E-state index contributed by atoms with van der Waals surface area (Å²) < 4.78 is 0. The van der Waals surface area contributed by atoms with E-state index in [9.17, 15) is 0 Å². The molecule has 1 aromatic rings. The minimum absolute atomic E-state index is 0.921. The fourth-order valence-electron chi connectivity index (χ4n) is 0.651. The Labute approximate surface area is 64.6 Å². The van der Waals surface area contributed by atoms with Crippen LogP contribution in [0.5, 0.6) is 0 Å². The van der Waals surface area contributed by atoms with Crippen LogP contribution in [0.25, 0.3) is 0 Å². The Balaban J connectivity index is 2.34. The number of thiophene rings is 1. The molecule has 0 aliphatic rings. The third-order valence-corrected chi connectivity index (χ3v) is 1.86. The highest BCUT2D eigenvalue weighted by molar-refractivity contribution is 7.07. The molecular formula is C7H10N2S. The van der Waals surface area contributed by atoms with Gasteiger partial charge in [0.15, 0.2) is 0 Å². The lowest BCUT2D eigenvalue weighted by Crippen LogP contribution is -1.94. The summed E-state index contributed by atoms with van der Waals surface area (Å²) in [4.78, 5) is 0. The molecule has 0 saturated heterocycles. The number of hydrogen-bond acceptors (Lipinski definition) is 3. The van der Waals surface area contributed by atoms with Crippen LogP contribution in [0, 0.1) is 0 Å². The van der Waals surface area contributed by atoms with E-state index in [4.69, 9.17) is 0 Å². The smallest absolute Gasteiger partial charge is 0.0286 e. The quantitative estimate of drug-likeness (QED) is 0.518. The van der Waals surface area contributed by atoms with Crippen molar-refractivity contribution in [2.24, 2.45) is 5.10 Å². The topological polar surface area (TPSA) is 24.4 Å². The van der Waals surface area contributed by atoms with Crippen LogP contribution >= 0.6 is 11.3 Å². The van der Waals surface area contributed by atoms with E-state index in [-0.39, 0.29) is 0 Å². The van der Waals surface area contributed by atoms with Crippen LogP contribution in [-0.4, -0.2) is 13.3 Å². The van der Waals surface area contributed by atoms with Crippen molar-refractivity contribution in [1.29, 1.82) is 0 Å². The van der Waals surface area contributed by atoms with E-state index in [0.29, 0.717) is 0 Å². The summed E-state index contributed by atoms with van der Waals surface area (Å²) in [5.74, 6) is 0. The first-order valence-electron chi connectivity index (χ1n) is 3.13. The third-order valence-electron chi connectivity index (χ3n) is 1.13. The van der Waals surface area contributed by atoms with Gasteiger partial charge in [0.05, 0.1) is 0 Å². The van der Waals surface area contributed by atoms with E-state index in [1.165, 1.54) is 5.56 Å². The van der Waals surface area contributed by atoms with Crippen molar-refractivity contribution < 1.29 is 0 Å². The van der Waals surface area contributed by atoms with Crippen LogP contribution in [-0.2, 0) is 6.42 Å². The first-order valence-corrected chi connectivity index (χ1v) is 4.07. The molecule has 0 amide bonds. The van der Waals surface area contributed by atoms with Crippen molar-refractivity contribution in [3.8, 4) is 0 Å². The van der Waals surface area contributed by atoms with Crippen LogP contribution in [0.1, 0.15) is 5.56 Å². The van der Waals surface area contributed by atoms with Gasteiger partial charge in [0.1, 0.15) is 0 Å². The summed E-state index contributed by atoms with van der Waals surface area (Å²) in [5, 5.41) is 8.07. The predicted molar refractivity (Wildman–Crippen MR) is 45.6 cm³/mol. The van der Waals surface area contributed by atoms with Gasteiger partial charge in [0.25, 0.3) is 0 Å². The summed E-state index contributed by atoms with van der Waals surface area (Å²) in [6.45, 7) is 0. The molecule has 10 heavy (non-hydrogen) atoms. The fourth-order valence-corrected chi connectivity index (χ4v) is 1.33. The predicted octanol–water partition coefficient (Wildman–Crippen LogP) is 1.50. The van der Waals surface area contributed by atoms with Crippen molar-refractivity contribution in [2.75, 3.05) is 7.05 Å². The third kappa shape index (κ3) is 2.19. The zero-order valence-corrected chi connectivity index (χ0v) is 6.69. The van der Waals surface area contributed by atoms with E-state index in [2.05, 4.69) is 27.4 Å². The first kappa shape index (κ1) is 7.28. The van der Waals surface area contributed by atoms with Crippen molar-refractivity contribution >= 4 is 17.6 Å². The summed E-state index contributed by atoms with van der Waals surface area (Å²) in [5.41, 5.74) is 4.03. The largest absolute Gasteiger partial charge is 0.313 e. The lowest BCUT2D eigenvalue weighted by Gasteiger charge is -1.86. The van der Waals surface area contributed by atoms with E-state index in [1.54, 1.807) is 18.4 Å². The van der Waals surface area contributed by atoms with Gasteiger partial charge in [0.2, 0.25) is 0 Å². The molecule has 54 valence electrons. The summed E-state index contributed by atoms with van der Waals surface area (Å²) in [6.07, 6.45) is 2.78. The molecule has 0 spiro atoms. The molecule has 0 radical (unpaired) electrons. The minimum Gasteiger partial charge on any atom is -0.313 e. The normalized spacial score (nSPS) is 10.5. The van der Waals surface area contributed by atoms with Gasteiger partial charge in [-0.15, -0.1) is 0 Å². The molecule has 1 N–H and O–H groups in total. The molecule has 0 aliphatic carbocycles. The van der Waals surface area contributed by atoms with Crippen molar-refractivity contribution in [2.45, 2.75) is 6.42 Å². The van der Waals surface area contributed by atoms with Crippen LogP contribution in [0.3, 0.4) is 0 Å². The lowest BCUT2D eigenvalue weighted by atomic mass is 10.3. The summed E-state index contributed by atoms with van der Waals surface area (Å²) in [7, 11) is 1.80. The summed E-state index contributed by atoms with van der Waals surface area (Å²) in [6, 6.07) is 2.10. The fraction of sp³-hybridized carbons (Fsp3) is 0.286. The van der Waals surface area contributed by atoms with Gasteiger partial charge in [-0.2, -0.15) is 16.4 Å². The summed E-state index contributed by atoms with van der Waals surface area (Å²) >= 11 is 1.72. The van der Waals surface area contributed by atoms with Crippen molar-refractivity contribution in [3.63, 3.8) is 0 Å². The monoisotopic (exact) mass is 154 g/mol. The van der Waals surface area contributed by atoms with Gasteiger partial charge in [0, 0.05) is 19.7 Å². The average molecular weight is 154 g/mol. The Morgan fingerprint density at radius 2 is 2.70 bits per heavy atom.